The fourth-order valence-corrected chi connectivity index (χ4v) is 1.11. The summed E-state index contributed by atoms with van der Waals surface area (Å²) in [6.45, 7) is 2.04. The van der Waals surface area contributed by atoms with Crippen molar-refractivity contribution in [3.8, 4) is 5.75 Å². The Labute approximate surface area is 63.6 Å². The Kier molecular flexibility index (Phi) is 2.29. The zero-order valence-electron chi connectivity index (χ0n) is 6.22. The van der Waals surface area contributed by atoms with E-state index in [4.69, 9.17) is 4.74 Å². The van der Waals surface area contributed by atoms with E-state index in [1.54, 1.807) is 7.11 Å². The summed E-state index contributed by atoms with van der Waals surface area (Å²) in [5, 5.41) is 1.19. The molecular formula is C8H11OP. The van der Waals surface area contributed by atoms with Gasteiger partial charge in [0.15, 0.2) is 0 Å². The third-order valence-electron chi connectivity index (χ3n) is 1.55. The molecule has 0 fully saturated rings. The highest BCUT2D eigenvalue weighted by Gasteiger charge is 1.97. The predicted molar refractivity (Wildman–Crippen MR) is 47.1 cm³/mol. The predicted octanol–water partition coefficient (Wildman–Crippen LogP) is 1.50. The van der Waals surface area contributed by atoms with Crippen LogP contribution in [0.25, 0.3) is 0 Å². The lowest BCUT2D eigenvalue weighted by Crippen LogP contribution is -1.98. The van der Waals surface area contributed by atoms with Crippen LogP contribution in [0.2, 0.25) is 0 Å². The Bertz CT molecular complexity index is 233. The molecule has 0 N–H and O–H groups in total. The Hall–Kier alpha value is -0.550. The maximum atomic E-state index is 5.11. The first-order valence-corrected chi connectivity index (χ1v) is 3.72. The molecule has 10 heavy (non-hydrogen) atoms. The van der Waals surface area contributed by atoms with Gasteiger partial charge in [0.1, 0.15) is 5.75 Å². The second kappa shape index (κ2) is 3.03. The first-order valence-electron chi connectivity index (χ1n) is 3.15. The number of hydrogen-bond donors (Lipinski definition) is 0. The largest absolute Gasteiger partial charge is 0.496 e. The van der Waals surface area contributed by atoms with Gasteiger partial charge in [-0.3, -0.25) is 0 Å². The molecule has 1 rings (SSSR count). The van der Waals surface area contributed by atoms with Gasteiger partial charge in [0.05, 0.1) is 7.11 Å². The Morgan fingerprint density at radius 2 is 2.10 bits per heavy atom. The minimum absolute atomic E-state index is 0.951. The normalized spacial score (nSPS) is 9.50. The van der Waals surface area contributed by atoms with Crippen LogP contribution in [0, 0.1) is 6.92 Å². The highest BCUT2D eigenvalue weighted by Crippen LogP contribution is 2.15. The lowest BCUT2D eigenvalue weighted by atomic mass is 10.2. The molecule has 1 aromatic carbocycles. The van der Waals surface area contributed by atoms with Gasteiger partial charge in [-0.1, -0.05) is 12.1 Å². The molecule has 1 aromatic rings. The second-order valence-corrected chi connectivity index (χ2v) is 2.80. The van der Waals surface area contributed by atoms with Gasteiger partial charge in [-0.25, -0.2) is 0 Å². The van der Waals surface area contributed by atoms with Crippen LogP contribution in [0.1, 0.15) is 5.56 Å². The Balaban J connectivity index is 3.14. The molecule has 0 saturated carbocycles. The number of methoxy groups -OCH3 is 1. The van der Waals surface area contributed by atoms with Crippen molar-refractivity contribution in [3.63, 3.8) is 0 Å². The molecule has 0 aliphatic heterocycles. The lowest BCUT2D eigenvalue weighted by Gasteiger charge is -2.05. The quantitative estimate of drug-likeness (QED) is 0.557. The topological polar surface area (TPSA) is 9.23 Å². The molecule has 1 nitrogen and oxygen atoms in total. The molecular weight excluding hydrogens is 143 g/mol. The molecule has 54 valence electrons. The highest BCUT2D eigenvalue weighted by molar-refractivity contribution is 7.27. The van der Waals surface area contributed by atoms with Gasteiger partial charge in [-0.15, -0.1) is 9.24 Å². The van der Waals surface area contributed by atoms with E-state index in [2.05, 4.69) is 9.24 Å². The van der Waals surface area contributed by atoms with Crippen LogP contribution in [0.5, 0.6) is 5.75 Å². The van der Waals surface area contributed by atoms with E-state index in [1.807, 2.05) is 25.1 Å². The summed E-state index contributed by atoms with van der Waals surface area (Å²) < 4.78 is 5.11. The highest BCUT2D eigenvalue weighted by atomic mass is 31.0. The molecule has 0 radical (unpaired) electrons. The van der Waals surface area contributed by atoms with Crippen molar-refractivity contribution in [1.29, 1.82) is 0 Å². The lowest BCUT2D eigenvalue weighted by molar-refractivity contribution is 0.412. The minimum Gasteiger partial charge on any atom is -0.496 e. The van der Waals surface area contributed by atoms with Crippen molar-refractivity contribution in [1.82, 2.24) is 0 Å². The Morgan fingerprint density at radius 3 is 2.60 bits per heavy atom. The van der Waals surface area contributed by atoms with Gasteiger partial charge in [-0.2, -0.15) is 0 Å². The number of ether oxygens (including phenoxy) is 1. The van der Waals surface area contributed by atoms with Crippen molar-refractivity contribution in [2.24, 2.45) is 0 Å². The van der Waals surface area contributed by atoms with Gasteiger partial charge in [0, 0.05) is 0 Å². The monoisotopic (exact) mass is 154 g/mol. The summed E-state index contributed by atoms with van der Waals surface area (Å²) in [6, 6.07) is 5.99. The molecule has 0 aliphatic rings. The molecule has 2 heteroatoms. The van der Waals surface area contributed by atoms with Crippen LogP contribution in [-0.4, -0.2) is 7.11 Å². The molecule has 0 aromatic heterocycles. The second-order valence-electron chi connectivity index (χ2n) is 2.17. The first-order chi connectivity index (χ1) is 4.75. The molecule has 1 unspecified atom stereocenters. The SMILES string of the molecule is COc1cccc(P)c1C. The third-order valence-corrected chi connectivity index (χ3v) is 2.17. The molecule has 1 atom stereocenters. The summed E-state index contributed by atoms with van der Waals surface area (Å²) >= 11 is 0. The first kappa shape index (κ1) is 7.56. The van der Waals surface area contributed by atoms with Crippen molar-refractivity contribution < 1.29 is 4.74 Å². The zero-order valence-corrected chi connectivity index (χ0v) is 7.37. The third kappa shape index (κ3) is 1.30. The molecule has 0 amide bonds. The van der Waals surface area contributed by atoms with Gasteiger partial charge in [0.2, 0.25) is 0 Å². The maximum Gasteiger partial charge on any atom is 0.122 e. The van der Waals surface area contributed by atoms with Crippen LogP contribution < -0.4 is 10.0 Å². The molecule has 0 spiro atoms. The smallest absolute Gasteiger partial charge is 0.122 e. The summed E-state index contributed by atoms with van der Waals surface area (Å²) in [4.78, 5) is 0. The maximum absolute atomic E-state index is 5.11. The average Bonchev–Trinajstić information content (AvgIpc) is 1.95. The molecule has 0 bridgehead atoms. The summed E-state index contributed by atoms with van der Waals surface area (Å²) in [6.07, 6.45) is 0. The van der Waals surface area contributed by atoms with Crippen molar-refractivity contribution in [3.05, 3.63) is 23.8 Å². The van der Waals surface area contributed by atoms with Gasteiger partial charge in [-0.05, 0) is 23.9 Å². The van der Waals surface area contributed by atoms with Crippen LogP contribution in [0.3, 0.4) is 0 Å². The van der Waals surface area contributed by atoms with Crippen LogP contribution in [0.15, 0.2) is 18.2 Å². The van der Waals surface area contributed by atoms with E-state index in [1.165, 1.54) is 10.9 Å². The average molecular weight is 154 g/mol. The fourth-order valence-electron chi connectivity index (χ4n) is 0.853. The van der Waals surface area contributed by atoms with E-state index < -0.39 is 0 Å². The van der Waals surface area contributed by atoms with E-state index in [9.17, 15) is 0 Å². The van der Waals surface area contributed by atoms with Crippen LogP contribution in [0.4, 0.5) is 0 Å². The summed E-state index contributed by atoms with van der Waals surface area (Å²) in [5.41, 5.74) is 1.19. The summed E-state index contributed by atoms with van der Waals surface area (Å²) in [5.74, 6) is 0.951. The van der Waals surface area contributed by atoms with E-state index in [0.717, 1.165) is 5.75 Å². The van der Waals surface area contributed by atoms with Crippen molar-refractivity contribution >= 4 is 14.5 Å². The van der Waals surface area contributed by atoms with E-state index >= 15 is 0 Å². The molecule has 0 heterocycles. The standard InChI is InChI=1S/C8H11OP/c1-6-7(9-2)4-3-5-8(6)10/h3-5H,10H2,1-2H3. The fraction of sp³-hybridized carbons (Fsp3) is 0.250. The molecule has 0 saturated heterocycles. The molecule has 0 aliphatic carbocycles. The number of rotatable bonds is 1. The Morgan fingerprint density at radius 1 is 1.40 bits per heavy atom. The van der Waals surface area contributed by atoms with E-state index in [0.29, 0.717) is 0 Å². The van der Waals surface area contributed by atoms with Gasteiger partial charge < -0.3 is 4.74 Å². The number of hydrogen-bond acceptors (Lipinski definition) is 1. The van der Waals surface area contributed by atoms with Crippen LogP contribution in [-0.2, 0) is 0 Å². The van der Waals surface area contributed by atoms with Crippen molar-refractivity contribution in [2.45, 2.75) is 6.92 Å². The summed E-state index contributed by atoms with van der Waals surface area (Å²) in [7, 11) is 4.36. The zero-order chi connectivity index (χ0) is 7.56. The minimum atomic E-state index is 0.951. The van der Waals surface area contributed by atoms with Gasteiger partial charge in [0.25, 0.3) is 0 Å². The van der Waals surface area contributed by atoms with E-state index in [-0.39, 0.29) is 0 Å². The van der Waals surface area contributed by atoms with Crippen LogP contribution >= 0.6 is 9.24 Å². The van der Waals surface area contributed by atoms with Gasteiger partial charge >= 0.3 is 0 Å². The number of benzene rings is 1. The van der Waals surface area contributed by atoms with Crippen molar-refractivity contribution in [2.75, 3.05) is 7.11 Å².